The lowest BCUT2D eigenvalue weighted by Gasteiger charge is -2.11. The van der Waals surface area contributed by atoms with Crippen LogP contribution >= 0.6 is 12.6 Å². The predicted octanol–water partition coefficient (Wildman–Crippen LogP) is 2.92. The second-order valence-corrected chi connectivity index (χ2v) is 4.92. The number of benzene rings is 2. The number of hydrogen-bond acceptors (Lipinski definition) is 4. The van der Waals surface area contributed by atoms with E-state index < -0.39 is 0 Å². The van der Waals surface area contributed by atoms with Crippen LogP contribution in [-0.2, 0) is 6.54 Å². The Bertz CT molecular complexity index is 626. The molecule has 0 heterocycles. The Balaban J connectivity index is 2.05. The minimum atomic E-state index is -0.138. The summed E-state index contributed by atoms with van der Waals surface area (Å²) >= 11 is 4.19. The first-order valence-electron chi connectivity index (χ1n) is 6.42. The first-order valence-corrected chi connectivity index (χ1v) is 6.87. The van der Waals surface area contributed by atoms with Crippen LogP contribution in [0, 0.1) is 0 Å². The van der Waals surface area contributed by atoms with Crippen molar-refractivity contribution < 1.29 is 14.3 Å². The molecule has 0 aromatic heterocycles. The summed E-state index contributed by atoms with van der Waals surface area (Å²) in [5, 5.41) is 2.86. The van der Waals surface area contributed by atoms with Crippen LogP contribution in [0.3, 0.4) is 0 Å². The van der Waals surface area contributed by atoms with Crippen LogP contribution in [0.1, 0.15) is 15.9 Å². The van der Waals surface area contributed by atoms with Crippen LogP contribution in [-0.4, -0.2) is 20.1 Å². The summed E-state index contributed by atoms with van der Waals surface area (Å²) in [5.74, 6) is 1.26. The number of ether oxygens (including phenoxy) is 2. The van der Waals surface area contributed by atoms with Crippen LogP contribution in [0.25, 0.3) is 0 Å². The van der Waals surface area contributed by atoms with Gasteiger partial charge in [0.05, 0.1) is 14.2 Å². The highest BCUT2D eigenvalue weighted by atomic mass is 32.1. The molecular formula is C16H17NO3S. The lowest BCUT2D eigenvalue weighted by Crippen LogP contribution is -2.23. The van der Waals surface area contributed by atoms with Gasteiger partial charge in [0, 0.05) is 28.6 Å². The van der Waals surface area contributed by atoms with E-state index in [-0.39, 0.29) is 5.91 Å². The quantitative estimate of drug-likeness (QED) is 0.835. The Labute approximate surface area is 129 Å². The van der Waals surface area contributed by atoms with Gasteiger partial charge in [-0.3, -0.25) is 4.79 Å². The van der Waals surface area contributed by atoms with Crippen molar-refractivity contribution in [1.29, 1.82) is 0 Å². The van der Waals surface area contributed by atoms with Crippen molar-refractivity contribution in [3.8, 4) is 11.5 Å². The second-order valence-electron chi connectivity index (χ2n) is 4.41. The van der Waals surface area contributed by atoms with E-state index in [1.807, 2.05) is 12.1 Å². The number of hydrogen-bond donors (Lipinski definition) is 2. The van der Waals surface area contributed by atoms with Crippen molar-refractivity contribution in [2.45, 2.75) is 11.4 Å². The molecule has 0 radical (unpaired) electrons. The zero-order valence-corrected chi connectivity index (χ0v) is 12.8. The van der Waals surface area contributed by atoms with E-state index in [1.54, 1.807) is 44.6 Å². The molecule has 0 unspecified atom stereocenters. The Hall–Kier alpha value is -2.14. The van der Waals surface area contributed by atoms with Crippen molar-refractivity contribution in [3.63, 3.8) is 0 Å². The van der Waals surface area contributed by atoms with Crippen molar-refractivity contribution >= 4 is 18.5 Å². The molecule has 1 amide bonds. The Kier molecular flexibility index (Phi) is 5.11. The van der Waals surface area contributed by atoms with E-state index in [1.165, 1.54) is 0 Å². The van der Waals surface area contributed by atoms with Crippen molar-refractivity contribution in [1.82, 2.24) is 5.32 Å². The topological polar surface area (TPSA) is 47.6 Å². The Morgan fingerprint density at radius 3 is 2.43 bits per heavy atom. The summed E-state index contributed by atoms with van der Waals surface area (Å²) in [6.45, 7) is 0.384. The number of thiol groups is 1. The van der Waals surface area contributed by atoms with Gasteiger partial charge < -0.3 is 14.8 Å². The van der Waals surface area contributed by atoms with Crippen LogP contribution < -0.4 is 14.8 Å². The molecule has 5 heteroatoms. The highest BCUT2D eigenvalue weighted by Crippen LogP contribution is 2.24. The summed E-state index contributed by atoms with van der Waals surface area (Å²) in [6.07, 6.45) is 0. The lowest BCUT2D eigenvalue weighted by atomic mass is 10.1. The van der Waals surface area contributed by atoms with E-state index in [0.29, 0.717) is 23.6 Å². The Morgan fingerprint density at radius 2 is 1.81 bits per heavy atom. The summed E-state index contributed by atoms with van der Waals surface area (Å²) < 4.78 is 10.4. The smallest absolute Gasteiger partial charge is 0.251 e. The van der Waals surface area contributed by atoms with E-state index in [2.05, 4.69) is 17.9 Å². The number of carbonyl (C=O) groups is 1. The molecule has 0 saturated carbocycles. The van der Waals surface area contributed by atoms with E-state index in [4.69, 9.17) is 9.47 Å². The summed E-state index contributed by atoms with van der Waals surface area (Å²) in [7, 11) is 3.19. The van der Waals surface area contributed by atoms with Crippen LogP contribution in [0.15, 0.2) is 47.4 Å². The van der Waals surface area contributed by atoms with Crippen LogP contribution in [0.4, 0.5) is 0 Å². The number of nitrogens with one attached hydrogen (secondary N) is 1. The molecule has 4 nitrogen and oxygen atoms in total. The Morgan fingerprint density at radius 1 is 1.10 bits per heavy atom. The average Bonchev–Trinajstić information content (AvgIpc) is 2.53. The third-order valence-electron chi connectivity index (χ3n) is 3.06. The van der Waals surface area contributed by atoms with Gasteiger partial charge in [0.15, 0.2) is 0 Å². The maximum absolute atomic E-state index is 12.1. The maximum atomic E-state index is 12.1. The molecule has 110 valence electrons. The molecule has 1 N–H and O–H groups in total. The summed E-state index contributed by atoms with van der Waals surface area (Å²) in [5.41, 5.74) is 1.48. The van der Waals surface area contributed by atoms with Gasteiger partial charge in [-0.2, -0.15) is 0 Å². The van der Waals surface area contributed by atoms with Crippen LogP contribution in [0.2, 0.25) is 0 Å². The van der Waals surface area contributed by atoms with Crippen molar-refractivity contribution in [2.24, 2.45) is 0 Å². The predicted molar refractivity (Wildman–Crippen MR) is 84.4 cm³/mol. The fourth-order valence-electron chi connectivity index (χ4n) is 1.89. The highest BCUT2D eigenvalue weighted by Gasteiger charge is 2.08. The summed E-state index contributed by atoms with van der Waals surface area (Å²) in [4.78, 5) is 12.9. The molecule has 0 aliphatic carbocycles. The SMILES string of the molecule is COc1ccc(CNC(=O)c2ccc(S)cc2)c(OC)c1. The molecule has 0 aliphatic rings. The number of rotatable bonds is 5. The third-order valence-corrected chi connectivity index (χ3v) is 3.36. The molecule has 0 bridgehead atoms. The number of amides is 1. The minimum absolute atomic E-state index is 0.138. The maximum Gasteiger partial charge on any atom is 0.251 e. The lowest BCUT2D eigenvalue weighted by molar-refractivity contribution is 0.0950. The molecule has 0 aliphatic heterocycles. The average molecular weight is 303 g/mol. The molecule has 0 spiro atoms. The van der Waals surface area contributed by atoms with Crippen molar-refractivity contribution in [2.75, 3.05) is 14.2 Å². The molecule has 0 fully saturated rings. The fourth-order valence-corrected chi connectivity index (χ4v) is 2.04. The van der Waals surface area contributed by atoms with Gasteiger partial charge in [0.1, 0.15) is 11.5 Å². The number of carbonyl (C=O) groups excluding carboxylic acids is 1. The van der Waals surface area contributed by atoms with E-state index in [0.717, 1.165) is 10.5 Å². The molecule has 21 heavy (non-hydrogen) atoms. The molecular weight excluding hydrogens is 286 g/mol. The van der Waals surface area contributed by atoms with Gasteiger partial charge >= 0.3 is 0 Å². The molecule has 2 rings (SSSR count). The van der Waals surface area contributed by atoms with Gasteiger partial charge in [-0.1, -0.05) is 0 Å². The molecule has 2 aromatic carbocycles. The largest absolute Gasteiger partial charge is 0.497 e. The molecule has 0 saturated heterocycles. The van der Waals surface area contributed by atoms with Crippen LogP contribution in [0.5, 0.6) is 11.5 Å². The monoisotopic (exact) mass is 303 g/mol. The molecule has 2 aromatic rings. The van der Waals surface area contributed by atoms with Gasteiger partial charge in [-0.05, 0) is 36.4 Å². The van der Waals surface area contributed by atoms with Gasteiger partial charge in [-0.25, -0.2) is 0 Å². The van der Waals surface area contributed by atoms with Gasteiger partial charge in [0.2, 0.25) is 0 Å². The first-order chi connectivity index (χ1) is 10.1. The zero-order valence-electron chi connectivity index (χ0n) is 11.9. The van der Waals surface area contributed by atoms with E-state index in [9.17, 15) is 4.79 Å². The zero-order chi connectivity index (χ0) is 15.2. The van der Waals surface area contributed by atoms with Gasteiger partial charge in [-0.15, -0.1) is 12.6 Å². The minimum Gasteiger partial charge on any atom is -0.497 e. The van der Waals surface area contributed by atoms with Gasteiger partial charge in [0.25, 0.3) is 5.91 Å². The molecule has 0 atom stereocenters. The first kappa shape index (κ1) is 15.3. The fraction of sp³-hybridized carbons (Fsp3) is 0.188. The normalized spacial score (nSPS) is 10.0. The van der Waals surface area contributed by atoms with E-state index >= 15 is 0 Å². The summed E-state index contributed by atoms with van der Waals surface area (Å²) in [6, 6.07) is 12.5. The standard InChI is InChI=1S/C16H17NO3S/c1-19-13-6-3-12(15(9-13)20-2)10-17-16(18)11-4-7-14(21)8-5-11/h3-9,21H,10H2,1-2H3,(H,17,18). The third kappa shape index (κ3) is 3.92. The second kappa shape index (κ2) is 7.04. The van der Waals surface area contributed by atoms with Crippen molar-refractivity contribution in [3.05, 3.63) is 53.6 Å². The number of methoxy groups -OCH3 is 2. The highest BCUT2D eigenvalue weighted by molar-refractivity contribution is 7.80.